The van der Waals surface area contributed by atoms with Crippen LogP contribution in [-0.4, -0.2) is 21.3 Å². The number of anilines is 1. The van der Waals surface area contributed by atoms with Crippen LogP contribution < -0.4 is 11.0 Å². The van der Waals surface area contributed by atoms with E-state index in [4.69, 9.17) is 5.11 Å². The molecule has 1 aromatic heterocycles. The van der Waals surface area contributed by atoms with Crippen molar-refractivity contribution in [1.29, 1.82) is 5.26 Å². The molecule has 0 atom stereocenters. The van der Waals surface area contributed by atoms with Gasteiger partial charge < -0.3 is 5.11 Å². The first-order chi connectivity index (χ1) is 12.7. The molecule has 0 unspecified atom stereocenters. The van der Waals surface area contributed by atoms with E-state index < -0.39 is 5.56 Å². The Morgan fingerprint density at radius 2 is 1.92 bits per heavy atom. The van der Waals surface area contributed by atoms with Gasteiger partial charge in [0.05, 0.1) is 18.5 Å². The normalized spacial score (nSPS) is 10.6. The van der Waals surface area contributed by atoms with E-state index in [0.717, 1.165) is 11.1 Å². The van der Waals surface area contributed by atoms with Crippen LogP contribution in [0.15, 0.2) is 64.5 Å². The van der Waals surface area contributed by atoms with Gasteiger partial charge in [0.2, 0.25) is 5.95 Å². The van der Waals surface area contributed by atoms with Gasteiger partial charge >= 0.3 is 0 Å². The standard InChI is InChI=1S/C19H15N5O2/c20-10-16-17(15-4-2-1-3-5-15)22-19(23-18(16)26)24-21-11-13-6-8-14(12-25)9-7-13/h1-9,11,25H,12H2,(H2,22,23,24,26). The molecule has 7 nitrogen and oxygen atoms in total. The Hall–Kier alpha value is -3.76. The maximum atomic E-state index is 12.1. The quantitative estimate of drug-likeness (QED) is 0.485. The Kier molecular flexibility index (Phi) is 5.17. The predicted octanol–water partition coefficient (Wildman–Crippen LogP) is 2.25. The van der Waals surface area contributed by atoms with E-state index in [1.54, 1.807) is 54.7 Å². The molecule has 128 valence electrons. The number of nitrogens with one attached hydrogen (secondary N) is 2. The van der Waals surface area contributed by atoms with Gasteiger partial charge in [0.25, 0.3) is 5.56 Å². The van der Waals surface area contributed by atoms with E-state index in [0.29, 0.717) is 11.3 Å². The molecule has 0 saturated carbocycles. The van der Waals surface area contributed by atoms with Gasteiger partial charge in [-0.3, -0.25) is 9.78 Å². The van der Waals surface area contributed by atoms with E-state index in [2.05, 4.69) is 20.5 Å². The van der Waals surface area contributed by atoms with Crippen molar-refractivity contribution >= 4 is 12.2 Å². The van der Waals surface area contributed by atoms with Crippen molar-refractivity contribution in [3.63, 3.8) is 0 Å². The van der Waals surface area contributed by atoms with Crippen LogP contribution in [0.25, 0.3) is 11.3 Å². The van der Waals surface area contributed by atoms with Crippen LogP contribution in [-0.2, 0) is 6.61 Å². The summed E-state index contributed by atoms with van der Waals surface area (Å²) >= 11 is 0. The fourth-order valence-electron chi connectivity index (χ4n) is 2.31. The number of nitrogens with zero attached hydrogens (tertiary/aromatic N) is 3. The van der Waals surface area contributed by atoms with Gasteiger partial charge in [0.1, 0.15) is 11.6 Å². The summed E-state index contributed by atoms with van der Waals surface area (Å²) in [5.74, 6) is 0.135. The molecule has 3 rings (SSSR count). The van der Waals surface area contributed by atoms with Gasteiger partial charge in [0.15, 0.2) is 0 Å². The summed E-state index contributed by atoms with van der Waals surface area (Å²) < 4.78 is 0. The lowest BCUT2D eigenvalue weighted by atomic mass is 10.1. The van der Waals surface area contributed by atoms with Crippen LogP contribution in [0.4, 0.5) is 5.95 Å². The Morgan fingerprint density at radius 1 is 1.19 bits per heavy atom. The molecule has 0 saturated heterocycles. The molecule has 0 radical (unpaired) electrons. The summed E-state index contributed by atoms with van der Waals surface area (Å²) in [5, 5.41) is 22.3. The number of aliphatic hydroxyl groups is 1. The molecule has 2 aromatic carbocycles. The lowest BCUT2D eigenvalue weighted by Crippen LogP contribution is -2.16. The van der Waals surface area contributed by atoms with Crippen molar-refractivity contribution in [2.45, 2.75) is 6.61 Å². The van der Waals surface area contributed by atoms with Crippen molar-refractivity contribution in [3.05, 3.63) is 81.6 Å². The SMILES string of the molecule is N#Cc1c(-c2ccccc2)nc(NN=Cc2ccc(CO)cc2)[nH]c1=O. The number of hydrogen-bond donors (Lipinski definition) is 3. The molecule has 0 aliphatic heterocycles. The van der Waals surface area contributed by atoms with Crippen LogP contribution in [0.5, 0.6) is 0 Å². The number of aromatic amines is 1. The number of H-pyrrole nitrogens is 1. The minimum absolute atomic E-state index is 0.0195. The highest BCUT2D eigenvalue weighted by Crippen LogP contribution is 2.19. The molecule has 0 spiro atoms. The topological polar surface area (TPSA) is 114 Å². The Morgan fingerprint density at radius 3 is 2.58 bits per heavy atom. The van der Waals surface area contributed by atoms with E-state index in [9.17, 15) is 10.1 Å². The summed E-state index contributed by atoms with van der Waals surface area (Å²) in [7, 11) is 0. The zero-order valence-corrected chi connectivity index (χ0v) is 13.7. The fraction of sp³-hybridized carbons (Fsp3) is 0.0526. The smallest absolute Gasteiger partial charge is 0.270 e. The van der Waals surface area contributed by atoms with Crippen LogP contribution >= 0.6 is 0 Å². The molecule has 0 bridgehead atoms. The molecule has 3 N–H and O–H groups in total. The van der Waals surface area contributed by atoms with Crippen molar-refractivity contribution in [1.82, 2.24) is 9.97 Å². The summed E-state index contributed by atoms with van der Waals surface area (Å²) in [6, 6.07) is 18.1. The summed E-state index contributed by atoms with van der Waals surface area (Å²) in [6.45, 7) is -0.0195. The summed E-state index contributed by atoms with van der Waals surface area (Å²) in [6.07, 6.45) is 1.56. The molecule has 0 aliphatic rings. The van der Waals surface area contributed by atoms with E-state index >= 15 is 0 Å². The van der Waals surface area contributed by atoms with Gasteiger partial charge in [-0.05, 0) is 11.1 Å². The summed E-state index contributed by atoms with van der Waals surface area (Å²) in [5.41, 5.74) is 4.66. The minimum Gasteiger partial charge on any atom is -0.392 e. The Labute approximate surface area is 149 Å². The third-order valence-corrected chi connectivity index (χ3v) is 3.62. The van der Waals surface area contributed by atoms with E-state index in [-0.39, 0.29) is 18.1 Å². The fourth-order valence-corrected chi connectivity index (χ4v) is 2.31. The maximum absolute atomic E-state index is 12.1. The van der Waals surface area contributed by atoms with Crippen molar-refractivity contribution in [2.75, 3.05) is 5.43 Å². The molecule has 3 aromatic rings. The number of nitriles is 1. The van der Waals surface area contributed by atoms with Crippen LogP contribution in [0.1, 0.15) is 16.7 Å². The number of hydrogen-bond acceptors (Lipinski definition) is 6. The lowest BCUT2D eigenvalue weighted by Gasteiger charge is -2.06. The number of aliphatic hydroxyl groups excluding tert-OH is 1. The highest BCUT2D eigenvalue weighted by molar-refractivity contribution is 5.80. The van der Waals surface area contributed by atoms with Crippen molar-refractivity contribution in [2.24, 2.45) is 5.10 Å². The largest absolute Gasteiger partial charge is 0.392 e. The zero-order valence-electron chi connectivity index (χ0n) is 13.7. The van der Waals surface area contributed by atoms with Gasteiger partial charge in [0, 0.05) is 5.56 Å². The molecule has 1 heterocycles. The molecule has 0 amide bonds. The maximum Gasteiger partial charge on any atom is 0.270 e. The van der Waals surface area contributed by atoms with Gasteiger partial charge in [-0.15, -0.1) is 0 Å². The minimum atomic E-state index is -0.536. The number of benzene rings is 2. The average Bonchev–Trinajstić information content (AvgIpc) is 2.69. The number of hydrazone groups is 1. The molecule has 26 heavy (non-hydrogen) atoms. The van der Waals surface area contributed by atoms with Crippen LogP contribution in [0.2, 0.25) is 0 Å². The third-order valence-electron chi connectivity index (χ3n) is 3.62. The number of rotatable bonds is 5. The van der Waals surface area contributed by atoms with Crippen molar-refractivity contribution < 1.29 is 5.11 Å². The highest BCUT2D eigenvalue weighted by Gasteiger charge is 2.12. The Balaban J connectivity index is 1.86. The second kappa shape index (κ2) is 7.88. The van der Waals surface area contributed by atoms with E-state index in [1.807, 2.05) is 12.1 Å². The Bertz CT molecular complexity index is 1020. The number of aromatic nitrogens is 2. The van der Waals surface area contributed by atoms with Crippen molar-refractivity contribution in [3.8, 4) is 17.3 Å². The monoisotopic (exact) mass is 345 g/mol. The third kappa shape index (κ3) is 3.83. The predicted molar refractivity (Wildman–Crippen MR) is 98.6 cm³/mol. The molecule has 7 heteroatoms. The average molecular weight is 345 g/mol. The second-order valence-electron chi connectivity index (χ2n) is 5.39. The first kappa shape index (κ1) is 17.1. The van der Waals surface area contributed by atoms with Gasteiger partial charge in [-0.25, -0.2) is 10.4 Å². The molecule has 0 fully saturated rings. The van der Waals surface area contributed by atoms with Crippen LogP contribution in [0, 0.1) is 11.3 Å². The van der Waals surface area contributed by atoms with Crippen LogP contribution in [0.3, 0.4) is 0 Å². The molecule has 0 aliphatic carbocycles. The second-order valence-corrected chi connectivity index (χ2v) is 5.39. The molecular formula is C19H15N5O2. The first-order valence-corrected chi connectivity index (χ1v) is 7.80. The summed E-state index contributed by atoms with van der Waals surface area (Å²) in [4.78, 5) is 18.9. The zero-order chi connectivity index (χ0) is 18.4. The van der Waals surface area contributed by atoms with Gasteiger partial charge in [-0.1, -0.05) is 54.6 Å². The van der Waals surface area contributed by atoms with Gasteiger partial charge in [-0.2, -0.15) is 10.4 Å². The molecular weight excluding hydrogens is 330 g/mol. The highest BCUT2D eigenvalue weighted by atomic mass is 16.3. The first-order valence-electron chi connectivity index (χ1n) is 7.80. The lowest BCUT2D eigenvalue weighted by molar-refractivity contribution is 0.282. The van der Waals surface area contributed by atoms with E-state index in [1.165, 1.54) is 0 Å².